The molecule has 0 saturated carbocycles. The summed E-state index contributed by atoms with van der Waals surface area (Å²) in [7, 11) is 0. The Hall–Kier alpha value is -2.50. The molecule has 0 spiro atoms. The maximum absolute atomic E-state index is 12.9. The van der Waals surface area contributed by atoms with Crippen LogP contribution in [-0.2, 0) is 4.79 Å². The predicted octanol–water partition coefficient (Wildman–Crippen LogP) is 4.90. The molecule has 5 nitrogen and oxygen atoms in total. The minimum atomic E-state index is -0.108. The molecule has 2 heterocycles. The third kappa shape index (κ3) is 4.47. The number of ether oxygens (including phenoxy) is 2. The minimum absolute atomic E-state index is 0.0836. The summed E-state index contributed by atoms with van der Waals surface area (Å²) in [4.78, 5) is 27.2. The summed E-state index contributed by atoms with van der Waals surface area (Å²) in [6.07, 6.45) is 4.43. The molecule has 2 aliphatic heterocycles. The first-order valence-corrected chi connectivity index (χ1v) is 10.6. The number of hydrogen-bond donors (Lipinski definition) is 0. The summed E-state index contributed by atoms with van der Waals surface area (Å²) in [6, 6.07) is 10.6. The highest BCUT2D eigenvalue weighted by Crippen LogP contribution is 2.32. The summed E-state index contributed by atoms with van der Waals surface area (Å²) in [5, 5.41) is 0.872. The average Bonchev–Trinajstić information content (AvgIpc) is 2.79. The van der Waals surface area contributed by atoms with Gasteiger partial charge in [-0.1, -0.05) is 35.3 Å². The third-order valence-corrected chi connectivity index (χ3v) is 6.22. The van der Waals surface area contributed by atoms with Crippen molar-refractivity contribution in [3.63, 3.8) is 0 Å². The van der Waals surface area contributed by atoms with Crippen LogP contribution in [0.5, 0.6) is 11.5 Å². The van der Waals surface area contributed by atoms with E-state index in [0.29, 0.717) is 71.8 Å². The van der Waals surface area contributed by atoms with Crippen LogP contribution in [0.1, 0.15) is 28.8 Å². The lowest BCUT2D eigenvalue weighted by Crippen LogP contribution is -2.39. The molecule has 0 aromatic heterocycles. The van der Waals surface area contributed by atoms with Gasteiger partial charge in [-0.3, -0.25) is 9.59 Å². The molecule has 2 aromatic rings. The van der Waals surface area contributed by atoms with Crippen LogP contribution in [0.3, 0.4) is 0 Å². The molecule has 0 unspecified atom stereocenters. The minimum Gasteiger partial charge on any atom is -0.486 e. The second kappa shape index (κ2) is 9.11. The Morgan fingerprint density at radius 1 is 1.00 bits per heavy atom. The second-order valence-corrected chi connectivity index (χ2v) is 8.08. The highest BCUT2D eigenvalue weighted by Gasteiger charge is 2.28. The average molecular weight is 446 g/mol. The lowest BCUT2D eigenvalue weighted by molar-refractivity contribution is -0.127. The van der Waals surface area contributed by atoms with Crippen molar-refractivity contribution in [1.82, 2.24) is 4.90 Å². The smallest absolute Gasteiger partial charge is 0.246 e. The zero-order chi connectivity index (χ0) is 21.1. The SMILES string of the molecule is O=C(c1ccc2c(c1)OCCO2)C1CCN(C(=O)/C=C/c2cccc(Cl)c2Cl)CC1. The van der Waals surface area contributed by atoms with E-state index in [1.54, 1.807) is 47.4 Å². The summed E-state index contributed by atoms with van der Waals surface area (Å²) in [6.45, 7) is 2.07. The van der Waals surface area contributed by atoms with E-state index in [-0.39, 0.29) is 17.6 Å². The van der Waals surface area contributed by atoms with Crippen LogP contribution in [0.4, 0.5) is 0 Å². The zero-order valence-electron chi connectivity index (χ0n) is 16.3. The summed E-state index contributed by atoms with van der Waals surface area (Å²) in [5.41, 5.74) is 1.32. The molecule has 30 heavy (non-hydrogen) atoms. The van der Waals surface area contributed by atoms with Gasteiger partial charge < -0.3 is 14.4 Å². The Morgan fingerprint density at radius 3 is 2.50 bits per heavy atom. The first-order valence-electron chi connectivity index (χ1n) is 9.88. The Morgan fingerprint density at radius 2 is 1.73 bits per heavy atom. The van der Waals surface area contributed by atoms with Crippen LogP contribution in [0.2, 0.25) is 10.0 Å². The Kier molecular flexibility index (Phi) is 6.30. The molecule has 4 rings (SSSR count). The molecular weight excluding hydrogens is 425 g/mol. The van der Waals surface area contributed by atoms with Crippen LogP contribution in [0.15, 0.2) is 42.5 Å². The molecule has 0 bridgehead atoms. The Bertz CT molecular complexity index is 997. The molecule has 0 N–H and O–H groups in total. The van der Waals surface area contributed by atoms with Gasteiger partial charge in [0.1, 0.15) is 13.2 Å². The van der Waals surface area contributed by atoms with E-state index in [1.807, 2.05) is 0 Å². The van der Waals surface area contributed by atoms with Gasteiger partial charge in [-0.05, 0) is 48.7 Å². The predicted molar refractivity (Wildman–Crippen MR) is 117 cm³/mol. The van der Waals surface area contributed by atoms with E-state index in [2.05, 4.69) is 0 Å². The van der Waals surface area contributed by atoms with E-state index < -0.39 is 0 Å². The number of likely N-dealkylation sites (tertiary alicyclic amines) is 1. The first kappa shape index (κ1) is 20.8. The van der Waals surface area contributed by atoms with Gasteiger partial charge in [0.05, 0.1) is 10.0 Å². The molecular formula is C23H21Cl2NO4. The number of benzene rings is 2. The number of hydrogen-bond acceptors (Lipinski definition) is 4. The summed E-state index contributed by atoms with van der Waals surface area (Å²) >= 11 is 12.2. The van der Waals surface area contributed by atoms with Crippen molar-refractivity contribution in [3.05, 3.63) is 63.6 Å². The third-order valence-electron chi connectivity index (χ3n) is 5.39. The molecule has 0 atom stereocenters. The molecule has 7 heteroatoms. The van der Waals surface area contributed by atoms with E-state index in [9.17, 15) is 9.59 Å². The molecule has 0 aliphatic carbocycles. The second-order valence-electron chi connectivity index (χ2n) is 7.30. The normalized spacial score (nSPS) is 16.7. The van der Waals surface area contributed by atoms with E-state index in [4.69, 9.17) is 32.7 Å². The van der Waals surface area contributed by atoms with Crippen molar-refractivity contribution >= 4 is 41.0 Å². The number of piperidine rings is 1. The van der Waals surface area contributed by atoms with Gasteiger partial charge >= 0.3 is 0 Å². The van der Waals surface area contributed by atoms with Crippen molar-refractivity contribution in [3.8, 4) is 11.5 Å². The molecule has 0 radical (unpaired) electrons. The van der Waals surface area contributed by atoms with Gasteiger partial charge in [-0.2, -0.15) is 0 Å². The lowest BCUT2D eigenvalue weighted by atomic mass is 9.88. The summed E-state index contributed by atoms with van der Waals surface area (Å²) in [5.74, 6) is 1.16. The van der Waals surface area contributed by atoms with Gasteiger partial charge in [0.15, 0.2) is 17.3 Å². The lowest BCUT2D eigenvalue weighted by Gasteiger charge is -2.30. The molecule has 1 saturated heterocycles. The van der Waals surface area contributed by atoms with Gasteiger partial charge in [-0.25, -0.2) is 0 Å². The molecule has 156 valence electrons. The largest absolute Gasteiger partial charge is 0.486 e. The zero-order valence-corrected chi connectivity index (χ0v) is 17.8. The van der Waals surface area contributed by atoms with Gasteiger partial charge in [-0.15, -0.1) is 0 Å². The number of fused-ring (bicyclic) bond motifs is 1. The van der Waals surface area contributed by atoms with E-state index in [0.717, 1.165) is 0 Å². The van der Waals surface area contributed by atoms with Crippen molar-refractivity contribution in [2.24, 2.45) is 5.92 Å². The van der Waals surface area contributed by atoms with Gasteiger partial charge in [0, 0.05) is 30.6 Å². The maximum Gasteiger partial charge on any atom is 0.246 e. The van der Waals surface area contributed by atoms with Crippen molar-refractivity contribution in [2.75, 3.05) is 26.3 Å². The highest BCUT2D eigenvalue weighted by molar-refractivity contribution is 6.42. The summed E-state index contributed by atoms with van der Waals surface area (Å²) < 4.78 is 11.1. The standard InChI is InChI=1S/C23H21Cl2NO4/c24-18-3-1-2-15(22(18)25)5-7-21(27)26-10-8-16(9-11-26)23(28)17-4-6-19-20(14-17)30-13-12-29-19/h1-7,14,16H,8-13H2/b7-5+. The van der Waals surface area contributed by atoms with Crippen LogP contribution in [0.25, 0.3) is 6.08 Å². The highest BCUT2D eigenvalue weighted by atomic mass is 35.5. The molecule has 1 fully saturated rings. The van der Waals surface area contributed by atoms with E-state index >= 15 is 0 Å². The number of nitrogens with zero attached hydrogens (tertiary/aromatic N) is 1. The van der Waals surface area contributed by atoms with Crippen molar-refractivity contribution in [1.29, 1.82) is 0 Å². The number of carbonyl (C=O) groups is 2. The topological polar surface area (TPSA) is 55.8 Å². The van der Waals surface area contributed by atoms with Crippen LogP contribution in [0, 0.1) is 5.92 Å². The molecule has 1 amide bonds. The number of ketones is 1. The molecule has 2 aliphatic rings. The molecule has 2 aromatic carbocycles. The monoisotopic (exact) mass is 445 g/mol. The first-order chi connectivity index (χ1) is 14.5. The van der Waals surface area contributed by atoms with Crippen LogP contribution >= 0.6 is 23.2 Å². The quantitative estimate of drug-likeness (QED) is 0.495. The number of Topliss-reactive ketones (excluding diaryl/α,β-unsaturated/α-hetero) is 1. The van der Waals surface area contributed by atoms with Crippen molar-refractivity contribution in [2.45, 2.75) is 12.8 Å². The van der Waals surface area contributed by atoms with Crippen LogP contribution in [-0.4, -0.2) is 42.9 Å². The van der Waals surface area contributed by atoms with Gasteiger partial charge in [0.25, 0.3) is 0 Å². The van der Waals surface area contributed by atoms with Gasteiger partial charge in [0.2, 0.25) is 5.91 Å². The van der Waals surface area contributed by atoms with E-state index in [1.165, 1.54) is 6.08 Å². The fourth-order valence-corrected chi connectivity index (χ4v) is 4.08. The number of rotatable bonds is 4. The fourth-order valence-electron chi connectivity index (χ4n) is 3.71. The number of carbonyl (C=O) groups excluding carboxylic acids is 2. The van der Waals surface area contributed by atoms with Crippen molar-refractivity contribution < 1.29 is 19.1 Å². The fraction of sp³-hybridized carbons (Fsp3) is 0.304. The van der Waals surface area contributed by atoms with Crippen LogP contribution < -0.4 is 9.47 Å². The maximum atomic E-state index is 12.9. The number of halogens is 2. The number of amides is 1. The Labute approximate surface area is 185 Å². The Balaban J connectivity index is 1.35.